The summed E-state index contributed by atoms with van der Waals surface area (Å²) < 4.78 is 0. The number of aromatic nitrogens is 1. The highest BCUT2D eigenvalue weighted by Crippen LogP contribution is 2.35. The molecule has 1 aliphatic heterocycles. The fraction of sp³-hybridized carbons (Fsp3) is 0.400. The van der Waals surface area contributed by atoms with Gasteiger partial charge in [0, 0.05) is 42.5 Å². The summed E-state index contributed by atoms with van der Waals surface area (Å²) in [5.74, 6) is 0.363. The van der Waals surface area contributed by atoms with Gasteiger partial charge in [0.05, 0.1) is 0 Å². The number of carbonyl (C=O) groups excluding carboxylic acids is 1. The monoisotopic (exact) mass is 374 g/mol. The van der Waals surface area contributed by atoms with E-state index < -0.39 is 0 Å². The number of benzene rings is 2. The van der Waals surface area contributed by atoms with Gasteiger partial charge in [0.1, 0.15) is 0 Å². The zero-order valence-corrected chi connectivity index (χ0v) is 17.0. The molecule has 0 unspecified atom stereocenters. The van der Waals surface area contributed by atoms with Crippen LogP contribution in [0.4, 0.5) is 0 Å². The summed E-state index contributed by atoms with van der Waals surface area (Å²) in [5, 5.41) is 1.25. The Kier molecular flexibility index (Phi) is 5.52. The van der Waals surface area contributed by atoms with Crippen molar-refractivity contribution in [3.63, 3.8) is 0 Å². The Labute approximate surface area is 167 Å². The molecule has 3 nitrogen and oxygen atoms in total. The van der Waals surface area contributed by atoms with Crippen LogP contribution >= 0.6 is 0 Å². The van der Waals surface area contributed by atoms with Crippen molar-refractivity contribution < 1.29 is 4.79 Å². The van der Waals surface area contributed by atoms with E-state index in [0.29, 0.717) is 6.42 Å². The molecule has 3 aromatic rings. The predicted molar refractivity (Wildman–Crippen MR) is 116 cm³/mol. The van der Waals surface area contributed by atoms with Gasteiger partial charge < -0.3 is 9.88 Å². The van der Waals surface area contributed by atoms with Gasteiger partial charge in [-0.1, -0.05) is 55.0 Å². The molecule has 4 rings (SSSR count). The van der Waals surface area contributed by atoms with Crippen LogP contribution in [0.3, 0.4) is 0 Å². The lowest BCUT2D eigenvalue weighted by molar-refractivity contribution is -0.132. The van der Waals surface area contributed by atoms with Gasteiger partial charge in [0.2, 0.25) is 5.91 Å². The molecule has 3 heteroatoms. The first-order valence-electron chi connectivity index (χ1n) is 10.6. The van der Waals surface area contributed by atoms with E-state index in [4.69, 9.17) is 0 Å². The third kappa shape index (κ3) is 3.71. The van der Waals surface area contributed by atoms with E-state index in [1.54, 1.807) is 0 Å². The Morgan fingerprint density at radius 3 is 2.64 bits per heavy atom. The van der Waals surface area contributed by atoms with E-state index in [9.17, 15) is 4.79 Å². The van der Waals surface area contributed by atoms with Gasteiger partial charge in [-0.15, -0.1) is 0 Å². The lowest BCUT2D eigenvalue weighted by Gasteiger charge is -2.28. The fourth-order valence-corrected chi connectivity index (χ4v) is 4.56. The van der Waals surface area contributed by atoms with Crippen molar-refractivity contribution in [3.8, 4) is 0 Å². The molecule has 2 heterocycles. The number of amides is 1. The molecule has 1 amide bonds. The highest BCUT2D eigenvalue weighted by molar-refractivity contribution is 5.88. The number of aryl methyl sites for hydroxylation is 2. The SMILES string of the molecule is CCc1cccc2c([C@H](CC(=O)N3CCCCC3)c3cccc(C)c3)c[nH]c12. The molecule has 1 aliphatic rings. The fourth-order valence-electron chi connectivity index (χ4n) is 4.56. The summed E-state index contributed by atoms with van der Waals surface area (Å²) in [5.41, 5.74) is 6.24. The molecule has 0 aliphatic carbocycles. The van der Waals surface area contributed by atoms with E-state index in [2.05, 4.69) is 72.4 Å². The highest BCUT2D eigenvalue weighted by Gasteiger charge is 2.25. The maximum Gasteiger partial charge on any atom is 0.223 e. The number of hydrogen-bond acceptors (Lipinski definition) is 1. The Morgan fingerprint density at radius 1 is 1.11 bits per heavy atom. The van der Waals surface area contributed by atoms with Crippen molar-refractivity contribution in [1.82, 2.24) is 9.88 Å². The van der Waals surface area contributed by atoms with Crippen molar-refractivity contribution in [2.45, 2.75) is 51.9 Å². The summed E-state index contributed by atoms with van der Waals surface area (Å²) in [4.78, 5) is 18.7. The average Bonchev–Trinajstić information content (AvgIpc) is 3.16. The molecule has 1 saturated heterocycles. The Balaban J connectivity index is 1.74. The van der Waals surface area contributed by atoms with Crippen molar-refractivity contribution in [2.24, 2.45) is 0 Å². The molecule has 2 aromatic carbocycles. The van der Waals surface area contributed by atoms with Crippen LogP contribution in [0.15, 0.2) is 48.7 Å². The summed E-state index contributed by atoms with van der Waals surface area (Å²) in [6.45, 7) is 6.13. The van der Waals surface area contributed by atoms with Gasteiger partial charge in [0.25, 0.3) is 0 Å². The predicted octanol–water partition coefficient (Wildman–Crippen LogP) is 5.57. The second-order valence-corrected chi connectivity index (χ2v) is 8.05. The number of nitrogens with zero attached hydrogens (tertiary/aromatic N) is 1. The van der Waals surface area contributed by atoms with Gasteiger partial charge >= 0.3 is 0 Å². The number of piperidine rings is 1. The third-order valence-corrected chi connectivity index (χ3v) is 6.12. The topological polar surface area (TPSA) is 36.1 Å². The quantitative estimate of drug-likeness (QED) is 0.622. The van der Waals surface area contributed by atoms with Crippen LogP contribution in [-0.4, -0.2) is 28.9 Å². The molecule has 0 saturated carbocycles. The van der Waals surface area contributed by atoms with Crippen molar-refractivity contribution in [3.05, 3.63) is 70.9 Å². The molecule has 1 fully saturated rings. The van der Waals surface area contributed by atoms with E-state index in [1.165, 1.54) is 39.6 Å². The molecule has 1 N–H and O–H groups in total. The lowest BCUT2D eigenvalue weighted by Crippen LogP contribution is -2.36. The lowest BCUT2D eigenvalue weighted by atomic mass is 9.86. The summed E-state index contributed by atoms with van der Waals surface area (Å²) in [6.07, 6.45) is 7.17. The maximum atomic E-state index is 13.1. The molecule has 0 bridgehead atoms. The number of likely N-dealkylation sites (tertiary alicyclic amines) is 1. The highest BCUT2D eigenvalue weighted by atomic mass is 16.2. The summed E-state index contributed by atoms with van der Waals surface area (Å²) >= 11 is 0. The van der Waals surface area contributed by atoms with Crippen LogP contribution in [0.2, 0.25) is 0 Å². The molecule has 0 radical (unpaired) electrons. The number of nitrogens with one attached hydrogen (secondary N) is 1. The standard InChI is InChI=1S/C25H30N2O/c1-3-19-10-8-12-21-23(17-26-25(19)21)22(20-11-7-9-18(2)15-20)16-24(28)27-13-5-4-6-14-27/h7-12,15,17,22,26H,3-6,13-14,16H2,1-2H3/t22-/m1/s1. The first-order valence-corrected chi connectivity index (χ1v) is 10.6. The van der Waals surface area contributed by atoms with Crippen LogP contribution in [0.1, 0.15) is 60.8 Å². The van der Waals surface area contributed by atoms with Gasteiger partial charge in [0.15, 0.2) is 0 Å². The second-order valence-electron chi connectivity index (χ2n) is 8.05. The van der Waals surface area contributed by atoms with Gasteiger partial charge in [-0.05, 0) is 49.3 Å². The minimum absolute atomic E-state index is 0.0789. The Bertz CT molecular complexity index is 966. The molecular weight excluding hydrogens is 344 g/mol. The molecule has 146 valence electrons. The van der Waals surface area contributed by atoms with E-state index in [1.807, 2.05) is 0 Å². The van der Waals surface area contributed by atoms with Crippen molar-refractivity contribution in [1.29, 1.82) is 0 Å². The molecule has 0 spiro atoms. The van der Waals surface area contributed by atoms with Gasteiger partial charge in [-0.25, -0.2) is 0 Å². The van der Waals surface area contributed by atoms with Crippen LogP contribution in [0.25, 0.3) is 10.9 Å². The normalized spacial score (nSPS) is 15.7. The molecule has 28 heavy (non-hydrogen) atoms. The maximum absolute atomic E-state index is 13.1. The first kappa shape index (κ1) is 18.8. The third-order valence-electron chi connectivity index (χ3n) is 6.12. The van der Waals surface area contributed by atoms with Crippen LogP contribution in [-0.2, 0) is 11.2 Å². The molecular formula is C25H30N2O. The molecule has 1 aromatic heterocycles. The van der Waals surface area contributed by atoms with Crippen LogP contribution in [0.5, 0.6) is 0 Å². The number of rotatable bonds is 5. The van der Waals surface area contributed by atoms with Gasteiger partial charge in [-0.2, -0.15) is 0 Å². The smallest absolute Gasteiger partial charge is 0.223 e. The van der Waals surface area contributed by atoms with E-state index in [-0.39, 0.29) is 11.8 Å². The number of H-pyrrole nitrogens is 1. The minimum atomic E-state index is 0.0789. The van der Waals surface area contributed by atoms with Crippen LogP contribution < -0.4 is 0 Å². The number of para-hydroxylation sites is 1. The summed E-state index contributed by atoms with van der Waals surface area (Å²) in [6, 6.07) is 15.1. The largest absolute Gasteiger partial charge is 0.361 e. The number of carbonyl (C=O) groups is 1. The molecule has 1 atom stereocenters. The zero-order valence-electron chi connectivity index (χ0n) is 17.0. The second kappa shape index (κ2) is 8.22. The number of aromatic amines is 1. The van der Waals surface area contributed by atoms with Gasteiger partial charge in [-0.3, -0.25) is 4.79 Å². The minimum Gasteiger partial charge on any atom is -0.361 e. The van der Waals surface area contributed by atoms with Crippen molar-refractivity contribution in [2.75, 3.05) is 13.1 Å². The number of fused-ring (bicyclic) bond motifs is 1. The number of hydrogen-bond donors (Lipinski definition) is 1. The van der Waals surface area contributed by atoms with Crippen molar-refractivity contribution >= 4 is 16.8 Å². The summed E-state index contributed by atoms with van der Waals surface area (Å²) in [7, 11) is 0. The zero-order chi connectivity index (χ0) is 19.5. The van der Waals surface area contributed by atoms with Crippen LogP contribution in [0, 0.1) is 6.92 Å². The van der Waals surface area contributed by atoms with E-state index >= 15 is 0 Å². The Morgan fingerprint density at radius 2 is 1.89 bits per heavy atom. The average molecular weight is 375 g/mol. The first-order chi connectivity index (χ1) is 13.7. The Hall–Kier alpha value is -2.55. The van der Waals surface area contributed by atoms with E-state index in [0.717, 1.165) is 32.4 Å².